The van der Waals surface area contributed by atoms with Gasteiger partial charge < -0.3 is 0 Å². The zero-order valence-corrected chi connectivity index (χ0v) is 19.9. The summed E-state index contributed by atoms with van der Waals surface area (Å²) in [5, 5.41) is 23.9. The Bertz CT molecular complexity index is 1330. The van der Waals surface area contributed by atoms with Gasteiger partial charge >= 0.3 is 0 Å². The molecule has 4 rings (SSSR count). The summed E-state index contributed by atoms with van der Waals surface area (Å²) in [5.41, 5.74) is 4.84. The van der Waals surface area contributed by atoms with Gasteiger partial charge in [-0.15, -0.1) is 10.2 Å². The van der Waals surface area contributed by atoms with E-state index in [0.717, 1.165) is 15.7 Å². The number of aromatic nitrogens is 3. The molecule has 0 atom stereocenters. The number of nitrogens with one attached hydrogen (secondary N) is 1. The molecular weight excluding hydrogens is 520 g/mol. The van der Waals surface area contributed by atoms with Crippen LogP contribution in [0.1, 0.15) is 5.56 Å². The summed E-state index contributed by atoms with van der Waals surface area (Å²) < 4.78 is 2.86. The largest absolute Gasteiger partial charge is 0.272 e. The maximum absolute atomic E-state index is 12.3. The molecule has 0 spiro atoms. The minimum atomic E-state index is -0.476. The van der Waals surface area contributed by atoms with E-state index in [2.05, 4.69) is 36.7 Å². The van der Waals surface area contributed by atoms with Crippen molar-refractivity contribution in [2.45, 2.75) is 5.16 Å². The Hall–Kier alpha value is -3.83. The van der Waals surface area contributed by atoms with Crippen LogP contribution in [0.3, 0.4) is 0 Å². The van der Waals surface area contributed by atoms with Crippen LogP contribution in [0.2, 0.25) is 0 Å². The van der Waals surface area contributed by atoms with Gasteiger partial charge in [0, 0.05) is 27.9 Å². The van der Waals surface area contributed by atoms with E-state index in [1.54, 1.807) is 12.1 Å². The number of hydrazone groups is 1. The lowest BCUT2D eigenvalue weighted by Gasteiger charge is -2.10. The number of halogens is 1. The second kappa shape index (κ2) is 10.9. The summed E-state index contributed by atoms with van der Waals surface area (Å²) in [6.07, 6.45) is 1.42. The fraction of sp³-hybridized carbons (Fsp3) is 0.0435. The van der Waals surface area contributed by atoms with Gasteiger partial charge in [0.15, 0.2) is 11.0 Å². The molecule has 0 aliphatic rings. The zero-order chi connectivity index (χ0) is 23.9. The molecule has 1 heterocycles. The number of carbonyl (C=O) groups excluding carboxylic acids is 1. The lowest BCUT2D eigenvalue weighted by Crippen LogP contribution is -2.20. The Morgan fingerprint density at radius 3 is 2.44 bits per heavy atom. The average Bonchev–Trinajstić information content (AvgIpc) is 3.28. The first-order valence-electron chi connectivity index (χ1n) is 9.97. The molecule has 0 fully saturated rings. The molecule has 34 heavy (non-hydrogen) atoms. The SMILES string of the molecule is O=C(CSc1nnc(-c2ccc(Br)cc2)n1-c1ccccc1)N/N=C/c1ccc([N+](=O)[O-])cc1. The van der Waals surface area contributed by atoms with Gasteiger partial charge in [0.1, 0.15) is 0 Å². The predicted molar refractivity (Wildman–Crippen MR) is 134 cm³/mol. The predicted octanol–water partition coefficient (Wildman–Crippen LogP) is 4.85. The second-order valence-electron chi connectivity index (χ2n) is 6.91. The van der Waals surface area contributed by atoms with Crippen LogP contribution >= 0.6 is 27.7 Å². The van der Waals surface area contributed by atoms with E-state index >= 15 is 0 Å². The summed E-state index contributed by atoms with van der Waals surface area (Å²) in [4.78, 5) is 22.6. The van der Waals surface area contributed by atoms with Crippen molar-refractivity contribution in [3.8, 4) is 17.1 Å². The van der Waals surface area contributed by atoms with Crippen molar-refractivity contribution >= 4 is 45.5 Å². The number of non-ortho nitro benzene ring substituents is 1. The zero-order valence-electron chi connectivity index (χ0n) is 17.5. The minimum Gasteiger partial charge on any atom is -0.272 e. The highest BCUT2D eigenvalue weighted by molar-refractivity contribution is 9.10. The molecule has 1 N–H and O–H groups in total. The summed E-state index contributed by atoms with van der Waals surface area (Å²) in [5.74, 6) is 0.414. The van der Waals surface area contributed by atoms with Gasteiger partial charge in [-0.25, -0.2) is 5.43 Å². The Kier molecular flexibility index (Phi) is 7.45. The molecule has 0 aliphatic carbocycles. The van der Waals surface area contributed by atoms with Gasteiger partial charge in [-0.05, 0) is 42.0 Å². The van der Waals surface area contributed by atoms with Crippen molar-refractivity contribution in [3.63, 3.8) is 0 Å². The van der Waals surface area contributed by atoms with Crippen LogP contribution < -0.4 is 5.43 Å². The van der Waals surface area contributed by atoms with Crippen LogP contribution in [0.4, 0.5) is 5.69 Å². The number of rotatable bonds is 8. The highest BCUT2D eigenvalue weighted by Crippen LogP contribution is 2.28. The quantitative estimate of drug-likeness (QED) is 0.149. The number of hydrogen-bond donors (Lipinski definition) is 1. The van der Waals surface area contributed by atoms with Crippen LogP contribution in [0, 0.1) is 10.1 Å². The van der Waals surface area contributed by atoms with E-state index in [9.17, 15) is 14.9 Å². The molecule has 11 heteroatoms. The Balaban J connectivity index is 1.45. The van der Waals surface area contributed by atoms with Gasteiger partial charge in [0.25, 0.3) is 11.6 Å². The van der Waals surface area contributed by atoms with Gasteiger partial charge in [-0.2, -0.15) is 5.10 Å². The summed E-state index contributed by atoms with van der Waals surface area (Å²) in [6, 6.07) is 23.3. The number of hydrogen-bond acceptors (Lipinski definition) is 7. The maximum atomic E-state index is 12.3. The van der Waals surface area contributed by atoms with E-state index in [1.807, 2.05) is 59.2 Å². The van der Waals surface area contributed by atoms with E-state index in [0.29, 0.717) is 16.5 Å². The van der Waals surface area contributed by atoms with Gasteiger partial charge in [0.2, 0.25) is 0 Å². The van der Waals surface area contributed by atoms with Gasteiger partial charge in [-0.3, -0.25) is 19.5 Å². The number of nitrogens with zero attached hydrogens (tertiary/aromatic N) is 5. The molecule has 0 radical (unpaired) electrons. The third kappa shape index (κ3) is 5.74. The monoisotopic (exact) mass is 536 g/mol. The van der Waals surface area contributed by atoms with E-state index in [-0.39, 0.29) is 17.3 Å². The standard InChI is InChI=1S/C23H17BrN6O3S/c24-18-10-8-17(9-11-18)22-27-28-23(29(22)19-4-2-1-3-5-19)34-15-21(31)26-25-14-16-6-12-20(13-7-16)30(32)33/h1-14H,15H2,(H,26,31)/b25-14+. The first-order valence-corrected chi connectivity index (χ1v) is 11.7. The Labute approximate surface area is 207 Å². The highest BCUT2D eigenvalue weighted by Gasteiger charge is 2.17. The first-order chi connectivity index (χ1) is 16.5. The molecule has 0 unspecified atom stereocenters. The Morgan fingerprint density at radius 1 is 1.06 bits per heavy atom. The van der Waals surface area contributed by atoms with E-state index in [1.165, 1.54) is 30.1 Å². The second-order valence-corrected chi connectivity index (χ2v) is 8.77. The fourth-order valence-electron chi connectivity index (χ4n) is 2.98. The molecule has 0 aliphatic heterocycles. The molecular formula is C23H17BrN6O3S. The lowest BCUT2D eigenvalue weighted by molar-refractivity contribution is -0.384. The summed E-state index contributed by atoms with van der Waals surface area (Å²) >= 11 is 4.68. The summed E-state index contributed by atoms with van der Waals surface area (Å²) in [6.45, 7) is 0. The molecule has 170 valence electrons. The van der Waals surface area contributed by atoms with Crippen molar-refractivity contribution in [3.05, 3.63) is 99.0 Å². The lowest BCUT2D eigenvalue weighted by atomic mass is 10.2. The smallest absolute Gasteiger partial charge is 0.269 e. The van der Waals surface area contributed by atoms with Crippen molar-refractivity contribution in [1.82, 2.24) is 20.2 Å². The van der Waals surface area contributed by atoms with Gasteiger partial charge in [-0.1, -0.05) is 58.0 Å². The van der Waals surface area contributed by atoms with Crippen LogP contribution in [0.25, 0.3) is 17.1 Å². The van der Waals surface area contributed by atoms with Crippen molar-refractivity contribution in [2.75, 3.05) is 5.75 Å². The number of nitro groups is 1. The normalized spacial score (nSPS) is 11.0. The molecule has 0 saturated carbocycles. The molecule has 4 aromatic rings. The van der Waals surface area contributed by atoms with Crippen LogP contribution in [0.15, 0.2) is 93.6 Å². The van der Waals surface area contributed by atoms with Crippen molar-refractivity contribution < 1.29 is 9.72 Å². The number of para-hydroxylation sites is 1. The van der Waals surface area contributed by atoms with Crippen molar-refractivity contribution in [2.24, 2.45) is 5.10 Å². The number of amides is 1. The van der Waals surface area contributed by atoms with E-state index in [4.69, 9.17) is 0 Å². The third-order valence-corrected chi connectivity index (χ3v) is 6.05. The number of benzene rings is 3. The summed E-state index contributed by atoms with van der Waals surface area (Å²) in [7, 11) is 0. The highest BCUT2D eigenvalue weighted by atomic mass is 79.9. The molecule has 1 aromatic heterocycles. The molecule has 9 nitrogen and oxygen atoms in total. The minimum absolute atomic E-state index is 0.0115. The molecule has 3 aromatic carbocycles. The molecule has 0 saturated heterocycles. The number of carbonyl (C=O) groups is 1. The topological polar surface area (TPSA) is 115 Å². The third-order valence-electron chi connectivity index (χ3n) is 4.59. The number of nitro benzene ring substituents is 1. The van der Waals surface area contributed by atoms with Crippen molar-refractivity contribution in [1.29, 1.82) is 0 Å². The average molecular weight is 537 g/mol. The fourth-order valence-corrected chi connectivity index (χ4v) is 3.99. The molecule has 1 amide bonds. The van der Waals surface area contributed by atoms with Crippen LogP contribution in [-0.4, -0.2) is 37.6 Å². The number of thioether (sulfide) groups is 1. The van der Waals surface area contributed by atoms with Crippen LogP contribution in [0.5, 0.6) is 0 Å². The van der Waals surface area contributed by atoms with Crippen LogP contribution in [-0.2, 0) is 4.79 Å². The van der Waals surface area contributed by atoms with E-state index < -0.39 is 4.92 Å². The Morgan fingerprint density at radius 2 is 1.76 bits per heavy atom. The first kappa shape index (κ1) is 23.3. The van der Waals surface area contributed by atoms with Gasteiger partial charge in [0.05, 0.1) is 16.9 Å². The maximum Gasteiger partial charge on any atom is 0.269 e. The molecule has 0 bridgehead atoms.